The predicted molar refractivity (Wildman–Crippen MR) is 92.8 cm³/mol. The SMILES string of the molecule is CN1C(=O)[C@@H](NC(=O)c2ncn[nH]2)CCc2cn(CC3CC3)c(=O)cc21. The molecular formula is C17H20N6O3. The number of carbonyl (C=O) groups excluding carboxylic acids is 2. The highest BCUT2D eigenvalue weighted by Crippen LogP contribution is 2.31. The van der Waals surface area contributed by atoms with Crippen LogP contribution in [0.3, 0.4) is 0 Å². The average Bonchev–Trinajstić information content (AvgIpc) is 3.29. The molecule has 9 nitrogen and oxygen atoms in total. The first kappa shape index (κ1) is 16.5. The molecule has 2 aromatic rings. The Hall–Kier alpha value is -2.97. The molecule has 2 aliphatic rings. The molecular weight excluding hydrogens is 336 g/mol. The third-order valence-electron chi connectivity index (χ3n) is 4.96. The van der Waals surface area contributed by atoms with Crippen LogP contribution in [0.4, 0.5) is 5.69 Å². The number of nitrogens with zero attached hydrogens (tertiary/aromatic N) is 4. The Labute approximate surface area is 149 Å². The van der Waals surface area contributed by atoms with Crippen LogP contribution in [-0.2, 0) is 17.8 Å². The van der Waals surface area contributed by atoms with Gasteiger partial charge in [-0.05, 0) is 37.2 Å². The zero-order chi connectivity index (χ0) is 18.3. The lowest BCUT2D eigenvalue weighted by Gasteiger charge is -2.22. The Morgan fingerprint density at radius 1 is 1.35 bits per heavy atom. The molecule has 0 aromatic carbocycles. The van der Waals surface area contributed by atoms with Crippen LogP contribution in [0, 0.1) is 5.92 Å². The number of pyridine rings is 1. The van der Waals surface area contributed by atoms with Crippen LogP contribution in [0.2, 0.25) is 0 Å². The maximum absolute atomic E-state index is 12.8. The summed E-state index contributed by atoms with van der Waals surface area (Å²) in [5, 5.41) is 8.82. The second-order valence-corrected chi connectivity index (χ2v) is 6.91. The first-order valence-corrected chi connectivity index (χ1v) is 8.70. The summed E-state index contributed by atoms with van der Waals surface area (Å²) >= 11 is 0. The molecule has 0 spiro atoms. The summed E-state index contributed by atoms with van der Waals surface area (Å²) in [6.45, 7) is 0.732. The van der Waals surface area contributed by atoms with Crippen LogP contribution in [0.1, 0.15) is 35.4 Å². The number of rotatable bonds is 4. The Morgan fingerprint density at radius 3 is 2.85 bits per heavy atom. The van der Waals surface area contributed by atoms with E-state index in [1.54, 1.807) is 11.6 Å². The predicted octanol–water partition coefficient (Wildman–Crippen LogP) is 0.0840. The fraction of sp³-hybridized carbons (Fsp3) is 0.471. The highest BCUT2D eigenvalue weighted by Gasteiger charge is 2.31. The van der Waals surface area contributed by atoms with E-state index in [-0.39, 0.29) is 17.3 Å². The highest BCUT2D eigenvalue weighted by atomic mass is 16.2. The third-order valence-corrected chi connectivity index (χ3v) is 4.96. The van der Waals surface area contributed by atoms with Crippen molar-refractivity contribution in [1.29, 1.82) is 0 Å². The molecule has 1 atom stereocenters. The smallest absolute Gasteiger partial charge is 0.289 e. The van der Waals surface area contributed by atoms with Crippen molar-refractivity contribution < 1.29 is 9.59 Å². The zero-order valence-corrected chi connectivity index (χ0v) is 14.4. The number of nitrogens with one attached hydrogen (secondary N) is 2. The number of anilines is 1. The van der Waals surface area contributed by atoms with E-state index in [4.69, 9.17) is 0 Å². The van der Waals surface area contributed by atoms with Gasteiger partial charge in [0.15, 0.2) is 0 Å². The number of carbonyl (C=O) groups is 2. The van der Waals surface area contributed by atoms with E-state index < -0.39 is 11.9 Å². The number of aromatic nitrogens is 4. The summed E-state index contributed by atoms with van der Waals surface area (Å²) < 4.78 is 1.74. The van der Waals surface area contributed by atoms with Crippen molar-refractivity contribution in [2.24, 2.45) is 5.92 Å². The van der Waals surface area contributed by atoms with Gasteiger partial charge < -0.3 is 14.8 Å². The number of hydrogen-bond donors (Lipinski definition) is 2. The van der Waals surface area contributed by atoms with E-state index >= 15 is 0 Å². The first-order chi connectivity index (χ1) is 12.5. The van der Waals surface area contributed by atoms with Gasteiger partial charge in [0.1, 0.15) is 12.4 Å². The molecule has 1 fully saturated rings. The summed E-state index contributed by atoms with van der Waals surface area (Å²) in [6, 6.07) is 0.841. The van der Waals surface area contributed by atoms with Gasteiger partial charge >= 0.3 is 0 Å². The summed E-state index contributed by atoms with van der Waals surface area (Å²) in [5.74, 6) is -0.0827. The van der Waals surface area contributed by atoms with E-state index in [2.05, 4.69) is 20.5 Å². The van der Waals surface area contributed by atoms with E-state index in [1.807, 2.05) is 6.20 Å². The maximum atomic E-state index is 12.8. The molecule has 3 heterocycles. The van der Waals surface area contributed by atoms with Crippen molar-refractivity contribution in [3.63, 3.8) is 0 Å². The van der Waals surface area contributed by atoms with E-state index in [0.29, 0.717) is 24.4 Å². The number of hydrogen-bond acceptors (Lipinski definition) is 5. The van der Waals surface area contributed by atoms with Crippen LogP contribution in [0.25, 0.3) is 0 Å². The van der Waals surface area contributed by atoms with Gasteiger partial charge in [-0.3, -0.25) is 19.5 Å². The molecule has 1 saturated carbocycles. The van der Waals surface area contributed by atoms with E-state index in [1.165, 1.54) is 17.3 Å². The monoisotopic (exact) mass is 356 g/mol. The first-order valence-electron chi connectivity index (χ1n) is 8.70. The van der Waals surface area contributed by atoms with Crippen molar-refractivity contribution in [2.45, 2.75) is 38.3 Å². The molecule has 0 unspecified atom stereocenters. The topological polar surface area (TPSA) is 113 Å². The van der Waals surface area contributed by atoms with Crippen molar-refractivity contribution >= 4 is 17.5 Å². The summed E-state index contributed by atoms with van der Waals surface area (Å²) in [4.78, 5) is 42.6. The lowest BCUT2D eigenvalue weighted by Crippen LogP contribution is -2.47. The normalized spacial score (nSPS) is 19.8. The number of amides is 2. The van der Waals surface area contributed by atoms with Crippen LogP contribution in [-0.4, -0.2) is 44.7 Å². The van der Waals surface area contributed by atoms with Gasteiger partial charge in [0.2, 0.25) is 11.7 Å². The van der Waals surface area contributed by atoms with Crippen LogP contribution in [0.15, 0.2) is 23.4 Å². The van der Waals surface area contributed by atoms with Gasteiger partial charge in [0.05, 0.1) is 5.69 Å². The molecule has 2 aromatic heterocycles. The van der Waals surface area contributed by atoms with Crippen molar-refractivity contribution in [1.82, 2.24) is 25.1 Å². The van der Waals surface area contributed by atoms with Gasteiger partial charge in [-0.2, -0.15) is 5.10 Å². The number of aryl methyl sites for hydroxylation is 1. The van der Waals surface area contributed by atoms with Gasteiger partial charge in [0.25, 0.3) is 11.5 Å². The molecule has 1 aliphatic carbocycles. The largest absolute Gasteiger partial charge is 0.338 e. The second kappa shape index (κ2) is 6.40. The van der Waals surface area contributed by atoms with E-state index in [0.717, 1.165) is 24.9 Å². The fourth-order valence-corrected chi connectivity index (χ4v) is 3.29. The molecule has 0 bridgehead atoms. The molecule has 136 valence electrons. The number of H-pyrrole nitrogens is 1. The van der Waals surface area contributed by atoms with Crippen LogP contribution in [0.5, 0.6) is 0 Å². The number of likely N-dealkylation sites (N-methyl/N-ethyl adjacent to an activating group) is 1. The number of aromatic amines is 1. The van der Waals surface area contributed by atoms with Crippen LogP contribution < -0.4 is 15.8 Å². The fourth-order valence-electron chi connectivity index (χ4n) is 3.29. The summed E-state index contributed by atoms with van der Waals surface area (Å²) in [7, 11) is 1.63. The highest BCUT2D eigenvalue weighted by molar-refractivity contribution is 6.01. The third kappa shape index (κ3) is 3.12. The van der Waals surface area contributed by atoms with Gasteiger partial charge in [-0.1, -0.05) is 0 Å². The Bertz CT molecular complexity index is 900. The Kier molecular flexibility index (Phi) is 4.06. The standard InChI is InChI=1S/C17H20N6O3/c1-22-13-6-14(24)23(7-10-2-3-10)8-11(13)4-5-12(17(22)26)20-16(25)15-18-9-19-21-15/h6,8-10,12H,2-5,7H2,1H3,(H,20,25)(H,18,19,21)/t12-/m0/s1. The second-order valence-electron chi connectivity index (χ2n) is 6.91. The van der Waals surface area contributed by atoms with E-state index in [9.17, 15) is 14.4 Å². The van der Waals surface area contributed by atoms with Crippen molar-refractivity contribution in [3.8, 4) is 0 Å². The molecule has 2 N–H and O–H groups in total. The molecule has 4 rings (SSSR count). The lowest BCUT2D eigenvalue weighted by atomic mass is 10.1. The average molecular weight is 356 g/mol. The van der Waals surface area contributed by atoms with Gasteiger partial charge in [-0.25, -0.2) is 4.98 Å². The molecule has 26 heavy (non-hydrogen) atoms. The summed E-state index contributed by atoms with van der Waals surface area (Å²) in [6.07, 6.45) is 6.48. The minimum atomic E-state index is -0.683. The van der Waals surface area contributed by atoms with Gasteiger partial charge in [-0.15, -0.1) is 0 Å². The number of fused-ring (bicyclic) bond motifs is 1. The minimum absolute atomic E-state index is 0.0614. The molecule has 1 aliphatic heterocycles. The lowest BCUT2D eigenvalue weighted by molar-refractivity contribution is -0.120. The molecule has 9 heteroatoms. The summed E-state index contributed by atoms with van der Waals surface area (Å²) in [5.41, 5.74) is 1.46. The Morgan fingerprint density at radius 2 is 2.15 bits per heavy atom. The van der Waals surface area contributed by atoms with Crippen LogP contribution >= 0.6 is 0 Å². The molecule has 2 amide bonds. The quantitative estimate of drug-likeness (QED) is 0.806. The zero-order valence-electron chi connectivity index (χ0n) is 14.4. The van der Waals surface area contributed by atoms with Crippen molar-refractivity contribution in [2.75, 3.05) is 11.9 Å². The van der Waals surface area contributed by atoms with Gasteiger partial charge in [0, 0.05) is 25.9 Å². The Balaban J connectivity index is 1.57. The molecule has 0 saturated heterocycles. The minimum Gasteiger partial charge on any atom is -0.338 e. The maximum Gasteiger partial charge on any atom is 0.289 e. The molecule has 0 radical (unpaired) electrons. The van der Waals surface area contributed by atoms with Crippen molar-refractivity contribution in [3.05, 3.63) is 40.3 Å².